The average Bonchev–Trinajstić information content (AvgIpc) is 3.32. The third-order valence-corrected chi connectivity index (χ3v) is 5.71. The predicted octanol–water partition coefficient (Wildman–Crippen LogP) is 4.10. The lowest BCUT2D eigenvalue weighted by Gasteiger charge is -2.15. The van der Waals surface area contributed by atoms with Crippen LogP contribution in [0.15, 0.2) is 53.5 Å². The molecule has 0 radical (unpaired) electrons. The van der Waals surface area contributed by atoms with Crippen LogP contribution in [0, 0.1) is 0 Å². The number of aliphatic imine (C=N–C) groups is 1. The minimum Gasteiger partial charge on any atom is -0.494 e. The molecule has 1 heterocycles. The summed E-state index contributed by atoms with van der Waals surface area (Å²) in [5, 5.41) is 6.79. The second-order valence-corrected chi connectivity index (χ2v) is 8.73. The monoisotopic (exact) mass is 565 g/mol. The molecule has 0 spiro atoms. The van der Waals surface area contributed by atoms with Crippen molar-refractivity contribution < 1.29 is 4.74 Å². The lowest BCUT2D eigenvalue weighted by Crippen LogP contribution is -2.36. The van der Waals surface area contributed by atoms with E-state index in [9.17, 15) is 0 Å². The Balaban J connectivity index is 0.00000385. The van der Waals surface area contributed by atoms with Crippen molar-refractivity contribution in [2.75, 3.05) is 47.4 Å². The lowest BCUT2D eigenvalue weighted by atomic mass is 10.1. The van der Waals surface area contributed by atoms with E-state index in [0.717, 1.165) is 50.9 Å². The van der Waals surface area contributed by atoms with E-state index in [-0.39, 0.29) is 24.0 Å². The zero-order valence-electron chi connectivity index (χ0n) is 20.3. The Morgan fingerprint density at radius 1 is 0.909 bits per heavy atom. The minimum absolute atomic E-state index is 0. The van der Waals surface area contributed by atoms with Crippen molar-refractivity contribution in [2.24, 2.45) is 4.99 Å². The molecule has 7 heteroatoms. The molecule has 6 nitrogen and oxygen atoms in total. The minimum atomic E-state index is 0. The first-order valence-corrected chi connectivity index (χ1v) is 11.7. The van der Waals surface area contributed by atoms with Gasteiger partial charge in [-0.25, -0.2) is 0 Å². The molecule has 0 unspecified atom stereocenters. The van der Waals surface area contributed by atoms with Crippen LogP contribution in [0.3, 0.4) is 0 Å². The summed E-state index contributed by atoms with van der Waals surface area (Å²) in [5.74, 6) is 1.72. The van der Waals surface area contributed by atoms with Gasteiger partial charge in [0, 0.05) is 33.2 Å². The molecule has 2 aromatic carbocycles. The molecule has 1 aliphatic rings. The Kier molecular flexibility index (Phi) is 12.6. The molecular formula is C26H40IN5O. The molecule has 33 heavy (non-hydrogen) atoms. The first kappa shape index (κ1) is 27.4. The highest BCUT2D eigenvalue weighted by Gasteiger charge is 2.11. The van der Waals surface area contributed by atoms with Gasteiger partial charge in [0.1, 0.15) is 5.75 Å². The molecule has 0 amide bonds. The van der Waals surface area contributed by atoms with Crippen LogP contribution in [-0.4, -0.2) is 63.1 Å². The number of nitrogens with one attached hydrogen (secondary N) is 2. The van der Waals surface area contributed by atoms with Crippen LogP contribution in [0.5, 0.6) is 5.75 Å². The fraction of sp³-hybridized carbons (Fsp3) is 0.500. The first-order chi connectivity index (χ1) is 15.6. The van der Waals surface area contributed by atoms with Gasteiger partial charge in [0.25, 0.3) is 0 Å². The van der Waals surface area contributed by atoms with Gasteiger partial charge < -0.3 is 20.3 Å². The van der Waals surface area contributed by atoms with E-state index in [0.29, 0.717) is 0 Å². The molecule has 0 aliphatic carbocycles. The van der Waals surface area contributed by atoms with E-state index in [1.54, 1.807) is 7.05 Å². The number of hydrogen-bond donors (Lipinski definition) is 2. The van der Waals surface area contributed by atoms with Crippen molar-refractivity contribution in [1.29, 1.82) is 0 Å². The Bertz CT molecular complexity index is 818. The summed E-state index contributed by atoms with van der Waals surface area (Å²) >= 11 is 0. The SMILES string of the molecule is CN=C(NCc1ccc(CN2CCCC2)cc1)NCc1ccc(OCCCN(C)C)cc1.I. The van der Waals surface area contributed by atoms with E-state index < -0.39 is 0 Å². The molecular weight excluding hydrogens is 525 g/mol. The van der Waals surface area contributed by atoms with E-state index >= 15 is 0 Å². The van der Waals surface area contributed by atoms with Gasteiger partial charge in [0.2, 0.25) is 0 Å². The van der Waals surface area contributed by atoms with Crippen molar-refractivity contribution in [3.8, 4) is 5.75 Å². The molecule has 2 N–H and O–H groups in total. The van der Waals surface area contributed by atoms with Crippen LogP contribution >= 0.6 is 24.0 Å². The maximum Gasteiger partial charge on any atom is 0.191 e. The summed E-state index contributed by atoms with van der Waals surface area (Å²) in [5.41, 5.74) is 3.84. The number of rotatable bonds is 11. The van der Waals surface area contributed by atoms with Crippen LogP contribution in [0.4, 0.5) is 0 Å². The van der Waals surface area contributed by atoms with Crippen molar-refractivity contribution in [3.05, 3.63) is 65.2 Å². The molecule has 0 aromatic heterocycles. The van der Waals surface area contributed by atoms with E-state index in [1.165, 1.54) is 42.6 Å². The van der Waals surface area contributed by atoms with Crippen LogP contribution < -0.4 is 15.4 Å². The highest BCUT2D eigenvalue weighted by molar-refractivity contribution is 14.0. The van der Waals surface area contributed by atoms with Gasteiger partial charge in [-0.1, -0.05) is 36.4 Å². The van der Waals surface area contributed by atoms with Gasteiger partial charge >= 0.3 is 0 Å². The second-order valence-electron chi connectivity index (χ2n) is 8.73. The summed E-state index contributed by atoms with van der Waals surface area (Å²) in [7, 11) is 5.96. The molecule has 3 rings (SSSR count). The number of likely N-dealkylation sites (tertiary alicyclic amines) is 1. The van der Waals surface area contributed by atoms with Gasteiger partial charge in [0.05, 0.1) is 6.61 Å². The summed E-state index contributed by atoms with van der Waals surface area (Å²) in [6, 6.07) is 17.2. The summed E-state index contributed by atoms with van der Waals surface area (Å²) in [6.45, 7) is 6.79. The Morgan fingerprint density at radius 3 is 2.00 bits per heavy atom. The molecule has 1 aliphatic heterocycles. The quantitative estimate of drug-likeness (QED) is 0.186. The molecule has 0 atom stereocenters. The Labute approximate surface area is 216 Å². The molecule has 1 saturated heterocycles. The van der Waals surface area contributed by atoms with Gasteiger partial charge in [-0.3, -0.25) is 9.89 Å². The van der Waals surface area contributed by atoms with Gasteiger partial charge in [-0.15, -0.1) is 24.0 Å². The predicted molar refractivity (Wildman–Crippen MR) is 149 cm³/mol. The van der Waals surface area contributed by atoms with Gasteiger partial charge in [0.15, 0.2) is 5.96 Å². The number of guanidine groups is 1. The van der Waals surface area contributed by atoms with Gasteiger partial charge in [-0.05, 0) is 75.3 Å². The third kappa shape index (κ3) is 10.3. The second kappa shape index (κ2) is 15.1. The topological polar surface area (TPSA) is 52.1 Å². The fourth-order valence-corrected chi connectivity index (χ4v) is 3.83. The first-order valence-electron chi connectivity index (χ1n) is 11.7. The van der Waals surface area contributed by atoms with E-state index in [1.807, 2.05) is 12.1 Å². The highest BCUT2D eigenvalue weighted by Crippen LogP contribution is 2.14. The van der Waals surface area contributed by atoms with Crippen LogP contribution in [-0.2, 0) is 19.6 Å². The van der Waals surface area contributed by atoms with Crippen LogP contribution in [0.25, 0.3) is 0 Å². The lowest BCUT2D eigenvalue weighted by molar-refractivity contribution is 0.281. The summed E-state index contributed by atoms with van der Waals surface area (Å²) in [4.78, 5) is 9.05. The number of benzene rings is 2. The normalized spacial score (nSPS) is 14.2. The van der Waals surface area contributed by atoms with Gasteiger partial charge in [-0.2, -0.15) is 0 Å². The molecule has 0 saturated carbocycles. The Morgan fingerprint density at radius 2 is 1.45 bits per heavy atom. The molecule has 0 bridgehead atoms. The van der Waals surface area contributed by atoms with Crippen molar-refractivity contribution >= 4 is 29.9 Å². The molecule has 1 fully saturated rings. The summed E-state index contributed by atoms with van der Waals surface area (Å²) < 4.78 is 5.81. The van der Waals surface area contributed by atoms with E-state index in [4.69, 9.17) is 4.74 Å². The fourth-order valence-electron chi connectivity index (χ4n) is 3.83. The summed E-state index contributed by atoms with van der Waals surface area (Å²) in [6.07, 6.45) is 3.70. The zero-order valence-corrected chi connectivity index (χ0v) is 22.7. The standard InChI is InChI=1S/C26H39N5O.HI/c1-27-26(28-19-22-7-9-24(10-8-22)21-31-16-4-5-17-31)29-20-23-11-13-25(14-12-23)32-18-6-15-30(2)3;/h7-14H,4-6,15-21H2,1-3H3,(H2,27,28,29);1H. The largest absolute Gasteiger partial charge is 0.494 e. The maximum absolute atomic E-state index is 5.81. The Hall–Kier alpha value is -1.84. The van der Waals surface area contributed by atoms with Crippen molar-refractivity contribution in [2.45, 2.75) is 38.9 Å². The number of nitrogens with zero attached hydrogens (tertiary/aromatic N) is 3. The van der Waals surface area contributed by atoms with Crippen molar-refractivity contribution in [1.82, 2.24) is 20.4 Å². The number of halogens is 1. The van der Waals surface area contributed by atoms with Crippen LogP contribution in [0.1, 0.15) is 36.0 Å². The highest BCUT2D eigenvalue weighted by atomic mass is 127. The van der Waals surface area contributed by atoms with E-state index in [2.05, 4.69) is 75.9 Å². The van der Waals surface area contributed by atoms with Crippen molar-refractivity contribution in [3.63, 3.8) is 0 Å². The smallest absolute Gasteiger partial charge is 0.191 e. The van der Waals surface area contributed by atoms with Crippen LogP contribution in [0.2, 0.25) is 0 Å². The third-order valence-electron chi connectivity index (χ3n) is 5.71. The number of hydrogen-bond acceptors (Lipinski definition) is 4. The molecule has 2 aromatic rings. The zero-order chi connectivity index (χ0) is 22.6. The number of ether oxygens (including phenoxy) is 1. The average molecular weight is 566 g/mol. The molecule has 182 valence electrons. The maximum atomic E-state index is 5.81.